The first-order valence-electron chi connectivity index (χ1n) is 6.81. The van der Waals surface area contributed by atoms with Crippen LogP contribution in [0, 0.1) is 5.92 Å². The number of ether oxygens (including phenoxy) is 1. The van der Waals surface area contributed by atoms with Crippen LogP contribution in [0.3, 0.4) is 0 Å². The van der Waals surface area contributed by atoms with Crippen LogP contribution in [0.1, 0.15) is 45.9 Å². The minimum Gasteiger partial charge on any atom is -0.381 e. The fourth-order valence-electron chi connectivity index (χ4n) is 2.41. The minimum absolute atomic E-state index is 0.135. The number of hydrogen-bond donors (Lipinski definition) is 1. The third kappa shape index (κ3) is 3.33. The van der Waals surface area contributed by atoms with Crippen molar-refractivity contribution < 1.29 is 4.74 Å². The van der Waals surface area contributed by atoms with Gasteiger partial charge in [0.1, 0.15) is 0 Å². The lowest BCUT2D eigenvalue weighted by Gasteiger charge is -2.31. The first-order chi connectivity index (χ1) is 8.47. The van der Waals surface area contributed by atoms with Gasteiger partial charge < -0.3 is 14.6 Å². The molecule has 0 spiro atoms. The maximum absolute atomic E-state index is 5.51. The molecule has 1 aliphatic heterocycles. The molecule has 2 atom stereocenters. The van der Waals surface area contributed by atoms with Crippen LogP contribution in [0.5, 0.6) is 0 Å². The highest BCUT2D eigenvalue weighted by molar-refractivity contribution is 5.02. The maximum Gasteiger partial charge on any atom is 0.0951 e. The Hall–Kier alpha value is -0.870. The van der Waals surface area contributed by atoms with Gasteiger partial charge in [-0.2, -0.15) is 0 Å². The van der Waals surface area contributed by atoms with Gasteiger partial charge in [-0.25, -0.2) is 4.98 Å². The average Bonchev–Trinajstić information content (AvgIpc) is 2.74. The molecule has 1 fully saturated rings. The van der Waals surface area contributed by atoms with Crippen molar-refractivity contribution in [2.75, 3.05) is 13.2 Å². The van der Waals surface area contributed by atoms with Gasteiger partial charge >= 0.3 is 0 Å². The van der Waals surface area contributed by atoms with E-state index in [1.807, 2.05) is 12.5 Å². The molecule has 4 nitrogen and oxygen atoms in total. The SMILES string of the molecule is CC1COCCC1n1cncc1CNC(C)(C)C. The predicted octanol–water partition coefficient (Wildman–Crippen LogP) is 2.37. The van der Waals surface area contributed by atoms with Crippen LogP contribution < -0.4 is 5.32 Å². The molecule has 0 aliphatic carbocycles. The van der Waals surface area contributed by atoms with E-state index in [9.17, 15) is 0 Å². The van der Waals surface area contributed by atoms with E-state index < -0.39 is 0 Å². The Balaban J connectivity index is 2.07. The van der Waals surface area contributed by atoms with E-state index in [0.29, 0.717) is 12.0 Å². The summed E-state index contributed by atoms with van der Waals surface area (Å²) in [5, 5.41) is 3.53. The average molecular weight is 251 g/mol. The molecule has 1 aromatic rings. The molecule has 1 N–H and O–H groups in total. The molecule has 2 rings (SSSR count). The first-order valence-corrected chi connectivity index (χ1v) is 6.81. The fraction of sp³-hybridized carbons (Fsp3) is 0.786. The molecule has 102 valence electrons. The second-order valence-electron chi connectivity index (χ2n) is 6.30. The molecule has 2 heterocycles. The van der Waals surface area contributed by atoms with Crippen molar-refractivity contribution in [3.63, 3.8) is 0 Å². The van der Waals surface area contributed by atoms with E-state index >= 15 is 0 Å². The lowest BCUT2D eigenvalue weighted by Crippen LogP contribution is -2.36. The second kappa shape index (κ2) is 5.41. The highest BCUT2D eigenvalue weighted by Gasteiger charge is 2.25. The summed E-state index contributed by atoms with van der Waals surface area (Å²) >= 11 is 0. The van der Waals surface area contributed by atoms with Gasteiger partial charge in [0.25, 0.3) is 0 Å². The summed E-state index contributed by atoms with van der Waals surface area (Å²) < 4.78 is 7.84. The number of aromatic nitrogens is 2. The van der Waals surface area contributed by atoms with E-state index in [-0.39, 0.29) is 5.54 Å². The normalized spacial score (nSPS) is 25.3. The van der Waals surface area contributed by atoms with Crippen molar-refractivity contribution in [3.05, 3.63) is 18.2 Å². The van der Waals surface area contributed by atoms with Gasteiger partial charge in [0.15, 0.2) is 0 Å². The third-order valence-electron chi connectivity index (χ3n) is 3.50. The summed E-state index contributed by atoms with van der Waals surface area (Å²) in [5.41, 5.74) is 1.40. The minimum atomic E-state index is 0.135. The number of nitrogens with zero attached hydrogens (tertiary/aromatic N) is 2. The summed E-state index contributed by atoms with van der Waals surface area (Å²) in [4.78, 5) is 4.31. The van der Waals surface area contributed by atoms with Crippen molar-refractivity contribution in [1.29, 1.82) is 0 Å². The van der Waals surface area contributed by atoms with Crippen LogP contribution in [-0.4, -0.2) is 28.3 Å². The van der Waals surface area contributed by atoms with E-state index in [2.05, 4.69) is 42.6 Å². The van der Waals surface area contributed by atoms with Crippen molar-refractivity contribution in [3.8, 4) is 0 Å². The molecule has 1 aromatic heterocycles. The summed E-state index contributed by atoms with van der Waals surface area (Å²) in [6, 6.07) is 0.526. The van der Waals surface area contributed by atoms with E-state index in [0.717, 1.165) is 26.2 Å². The van der Waals surface area contributed by atoms with Gasteiger partial charge in [-0.3, -0.25) is 0 Å². The van der Waals surface area contributed by atoms with Crippen LogP contribution >= 0.6 is 0 Å². The Labute approximate surface area is 110 Å². The quantitative estimate of drug-likeness (QED) is 0.896. The molecule has 4 heteroatoms. The van der Waals surface area contributed by atoms with Gasteiger partial charge in [-0.1, -0.05) is 6.92 Å². The van der Waals surface area contributed by atoms with Crippen LogP contribution in [0.25, 0.3) is 0 Å². The standard InChI is InChI=1S/C14H25N3O/c1-11-9-18-6-5-13(11)17-10-15-7-12(17)8-16-14(2,3)4/h7,10-11,13,16H,5-6,8-9H2,1-4H3. The molecule has 0 bridgehead atoms. The fourth-order valence-corrected chi connectivity index (χ4v) is 2.41. The zero-order valence-electron chi connectivity index (χ0n) is 11.9. The number of nitrogens with one attached hydrogen (secondary N) is 1. The van der Waals surface area contributed by atoms with Crippen LogP contribution in [0.15, 0.2) is 12.5 Å². The number of rotatable bonds is 3. The maximum atomic E-state index is 5.51. The van der Waals surface area contributed by atoms with Gasteiger partial charge in [-0.15, -0.1) is 0 Å². The highest BCUT2D eigenvalue weighted by atomic mass is 16.5. The molecule has 0 radical (unpaired) electrons. The zero-order valence-corrected chi connectivity index (χ0v) is 11.9. The van der Waals surface area contributed by atoms with Gasteiger partial charge in [0.2, 0.25) is 0 Å². The van der Waals surface area contributed by atoms with E-state index in [1.165, 1.54) is 5.69 Å². The van der Waals surface area contributed by atoms with Gasteiger partial charge in [0, 0.05) is 36.8 Å². The zero-order chi connectivity index (χ0) is 13.2. The number of hydrogen-bond acceptors (Lipinski definition) is 3. The lowest BCUT2D eigenvalue weighted by molar-refractivity contribution is 0.0277. The molecule has 1 aliphatic rings. The summed E-state index contributed by atoms with van der Waals surface area (Å²) in [6.07, 6.45) is 5.02. The Morgan fingerprint density at radius 3 is 2.94 bits per heavy atom. The van der Waals surface area contributed by atoms with Crippen LogP contribution in [0.4, 0.5) is 0 Å². The lowest BCUT2D eigenvalue weighted by atomic mass is 9.97. The highest BCUT2D eigenvalue weighted by Crippen LogP contribution is 2.27. The molecule has 0 amide bonds. The molecule has 0 aromatic carbocycles. The Morgan fingerprint density at radius 1 is 1.50 bits per heavy atom. The monoisotopic (exact) mass is 251 g/mol. The second-order valence-corrected chi connectivity index (χ2v) is 6.30. The molecular weight excluding hydrogens is 226 g/mol. The Morgan fingerprint density at radius 2 is 2.28 bits per heavy atom. The Kier molecular flexibility index (Phi) is 4.07. The first kappa shape index (κ1) is 13.6. The smallest absolute Gasteiger partial charge is 0.0951 e. The van der Waals surface area contributed by atoms with Crippen molar-refractivity contribution >= 4 is 0 Å². The molecule has 18 heavy (non-hydrogen) atoms. The van der Waals surface area contributed by atoms with Crippen molar-refractivity contribution in [2.24, 2.45) is 5.92 Å². The molecule has 1 saturated heterocycles. The van der Waals surface area contributed by atoms with E-state index in [4.69, 9.17) is 4.74 Å². The largest absolute Gasteiger partial charge is 0.381 e. The van der Waals surface area contributed by atoms with Crippen LogP contribution in [0.2, 0.25) is 0 Å². The molecule has 0 saturated carbocycles. The topological polar surface area (TPSA) is 39.1 Å². The van der Waals surface area contributed by atoms with Crippen LogP contribution in [-0.2, 0) is 11.3 Å². The number of imidazole rings is 1. The molecular formula is C14H25N3O. The van der Waals surface area contributed by atoms with Crippen molar-refractivity contribution in [2.45, 2.75) is 52.2 Å². The van der Waals surface area contributed by atoms with Crippen molar-refractivity contribution in [1.82, 2.24) is 14.9 Å². The van der Waals surface area contributed by atoms with Gasteiger partial charge in [-0.05, 0) is 27.2 Å². The molecule has 2 unspecified atom stereocenters. The summed E-state index contributed by atoms with van der Waals surface area (Å²) in [5.74, 6) is 0.557. The predicted molar refractivity (Wildman–Crippen MR) is 72.5 cm³/mol. The van der Waals surface area contributed by atoms with E-state index in [1.54, 1.807) is 0 Å². The summed E-state index contributed by atoms with van der Waals surface area (Å²) in [7, 11) is 0. The van der Waals surface area contributed by atoms with Gasteiger partial charge in [0.05, 0.1) is 18.6 Å². The Bertz CT molecular complexity index is 381. The summed E-state index contributed by atoms with van der Waals surface area (Å²) in [6.45, 7) is 11.4. The third-order valence-corrected chi connectivity index (χ3v) is 3.50.